The second-order valence-corrected chi connectivity index (χ2v) is 7.06. The number of thiophene rings is 1. The highest BCUT2D eigenvalue weighted by Gasteiger charge is 2.30. The molecule has 1 atom stereocenters. The lowest BCUT2D eigenvalue weighted by Crippen LogP contribution is -2.26. The highest BCUT2D eigenvalue weighted by atomic mass is 32.2. The molecule has 6 heteroatoms. The Hall–Kier alpha value is -1.92. The molecule has 1 saturated heterocycles. The van der Waals surface area contributed by atoms with E-state index in [-0.39, 0.29) is 11.2 Å². The summed E-state index contributed by atoms with van der Waals surface area (Å²) >= 11 is 3.04. The highest BCUT2D eigenvalue weighted by molar-refractivity contribution is 8.15. The number of aryl methyl sites for hydroxylation is 1. The van der Waals surface area contributed by atoms with Gasteiger partial charge in [0.1, 0.15) is 0 Å². The fourth-order valence-electron chi connectivity index (χ4n) is 2.13. The first kappa shape index (κ1) is 15.0. The molecule has 1 amide bonds. The average molecular weight is 329 g/mol. The minimum absolute atomic E-state index is 0.00155. The summed E-state index contributed by atoms with van der Waals surface area (Å²) in [4.78, 5) is 13.1. The number of amidine groups is 1. The number of nitrogens with one attached hydrogen (secondary N) is 1. The molecule has 1 N–H and O–H groups in total. The molecule has 0 aliphatic carbocycles. The number of rotatable bonds is 4. The van der Waals surface area contributed by atoms with Crippen molar-refractivity contribution in [3.05, 3.63) is 57.8 Å². The summed E-state index contributed by atoms with van der Waals surface area (Å²) in [6.45, 7) is 2.06. The monoisotopic (exact) mass is 329 g/mol. The van der Waals surface area contributed by atoms with Crippen LogP contribution in [-0.4, -0.2) is 22.5 Å². The topological polar surface area (TPSA) is 53.8 Å². The Morgan fingerprint density at radius 3 is 2.91 bits per heavy atom. The third-order valence-corrected chi connectivity index (χ3v) is 5.20. The number of hydrogen-bond acceptors (Lipinski definition) is 5. The van der Waals surface area contributed by atoms with E-state index in [4.69, 9.17) is 0 Å². The molecular weight excluding hydrogens is 314 g/mol. The average Bonchev–Trinajstić information content (AvgIpc) is 3.12. The summed E-state index contributed by atoms with van der Waals surface area (Å²) < 4.78 is 0. The first-order valence-electron chi connectivity index (χ1n) is 6.89. The minimum Gasteiger partial charge on any atom is -0.303 e. The lowest BCUT2D eigenvalue weighted by Gasteiger charge is -2.07. The van der Waals surface area contributed by atoms with Crippen molar-refractivity contribution in [2.24, 2.45) is 10.2 Å². The van der Waals surface area contributed by atoms with Crippen molar-refractivity contribution < 1.29 is 4.79 Å². The molecule has 0 saturated carbocycles. The number of carbonyl (C=O) groups excluding carboxylic acids is 1. The van der Waals surface area contributed by atoms with E-state index in [0.717, 1.165) is 4.88 Å². The molecule has 1 aromatic carbocycles. The number of thioether (sulfide) groups is 1. The summed E-state index contributed by atoms with van der Waals surface area (Å²) in [6, 6.07) is 12.1. The zero-order valence-corrected chi connectivity index (χ0v) is 13.7. The van der Waals surface area contributed by atoms with Gasteiger partial charge in [0.25, 0.3) is 0 Å². The van der Waals surface area contributed by atoms with E-state index in [1.54, 1.807) is 17.6 Å². The van der Waals surface area contributed by atoms with Crippen molar-refractivity contribution in [2.45, 2.75) is 18.6 Å². The van der Waals surface area contributed by atoms with Crippen LogP contribution in [0.5, 0.6) is 0 Å². The van der Waals surface area contributed by atoms with Gasteiger partial charge in [0.15, 0.2) is 5.17 Å². The second kappa shape index (κ2) is 6.89. The summed E-state index contributed by atoms with van der Waals surface area (Å²) in [5.41, 5.74) is 2.40. The summed E-state index contributed by atoms with van der Waals surface area (Å²) in [5, 5.41) is 13.3. The predicted molar refractivity (Wildman–Crippen MR) is 93.8 cm³/mol. The van der Waals surface area contributed by atoms with E-state index in [9.17, 15) is 4.79 Å². The molecule has 4 nitrogen and oxygen atoms in total. The molecule has 1 aliphatic heterocycles. The summed E-state index contributed by atoms with van der Waals surface area (Å²) in [7, 11) is 0. The Labute approximate surface area is 137 Å². The normalized spacial score (nSPS) is 20.0. The third-order valence-electron chi connectivity index (χ3n) is 3.32. The van der Waals surface area contributed by atoms with Crippen LogP contribution in [0.3, 0.4) is 0 Å². The smallest absolute Gasteiger partial charge is 0.239 e. The number of benzene rings is 1. The van der Waals surface area contributed by atoms with Crippen molar-refractivity contribution in [1.29, 1.82) is 0 Å². The van der Waals surface area contributed by atoms with E-state index in [0.29, 0.717) is 11.6 Å². The fourth-order valence-corrected chi connectivity index (χ4v) is 3.66. The Morgan fingerprint density at radius 1 is 1.27 bits per heavy atom. The van der Waals surface area contributed by atoms with Crippen LogP contribution in [0.1, 0.15) is 16.0 Å². The second-order valence-electron chi connectivity index (χ2n) is 4.89. The van der Waals surface area contributed by atoms with Crippen molar-refractivity contribution in [3.63, 3.8) is 0 Å². The van der Waals surface area contributed by atoms with Gasteiger partial charge in [-0.25, -0.2) is 0 Å². The Balaban J connectivity index is 1.64. The van der Waals surface area contributed by atoms with Crippen molar-refractivity contribution in [1.82, 2.24) is 5.32 Å². The fraction of sp³-hybridized carbons (Fsp3) is 0.188. The zero-order valence-electron chi connectivity index (χ0n) is 12.0. The van der Waals surface area contributed by atoms with Gasteiger partial charge in [-0.2, -0.15) is 5.10 Å². The van der Waals surface area contributed by atoms with Gasteiger partial charge in [-0.15, -0.1) is 16.4 Å². The maximum Gasteiger partial charge on any atom is 0.239 e. The Kier molecular flexibility index (Phi) is 4.70. The van der Waals surface area contributed by atoms with Crippen LogP contribution in [-0.2, 0) is 11.2 Å². The molecule has 22 heavy (non-hydrogen) atoms. The quantitative estimate of drug-likeness (QED) is 0.692. The SMILES string of the molecule is Cc1ccccc1CC1SC(=NN=Cc2cccs2)NC1=O. The highest BCUT2D eigenvalue weighted by Crippen LogP contribution is 2.24. The summed E-state index contributed by atoms with van der Waals surface area (Å²) in [5.74, 6) is -0.00155. The number of carbonyl (C=O) groups is 1. The minimum atomic E-state index is -0.142. The standard InChI is InChI=1S/C16H15N3OS2/c1-11-5-2-3-6-12(11)9-14-15(20)18-16(22-14)19-17-10-13-7-4-8-21-13/h2-8,10,14H,9H2,1H3,(H,18,19,20). The van der Waals surface area contributed by atoms with Gasteiger partial charge in [0.05, 0.1) is 11.5 Å². The molecule has 0 bridgehead atoms. The van der Waals surface area contributed by atoms with Crippen LogP contribution < -0.4 is 5.32 Å². The summed E-state index contributed by atoms with van der Waals surface area (Å²) in [6.07, 6.45) is 2.40. The van der Waals surface area contributed by atoms with Crippen molar-refractivity contribution >= 4 is 40.4 Å². The van der Waals surface area contributed by atoms with Crippen molar-refractivity contribution in [2.75, 3.05) is 0 Å². The molecule has 2 aromatic rings. The predicted octanol–water partition coefficient (Wildman–Crippen LogP) is 3.22. The van der Waals surface area contributed by atoms with E-state index < -0.39 is 0 Å². The third kappa shape index (κ3) is 3.64. The molecule has 1 unspecified atom stereocenters. The molecule has 1 fully saturated rings. The number of hydrogen-bond donors (Lipinski definition) is 1. The van der Waals surface area contributed by atoms with Gasteiger partial charge >= 0.3 is 0 Å². The molecule has 0 spiro atoms. The Bertz CT molecular complexity index is 723. The largest absolute Gasteiger partial charge is 0.303 e. The van der Waals surface area contributed by atoms with Crippen LogP contribution in [0.15, 0.2) is 52.0 Å². The lowest BCUT2D eigenvalue weighted by molar-refractivity contribution is -0.118. The maximum atomic E-state index is 12.0. The van der Waals surface area contributed by atoms with E-state index in [2.05, 4.69) is 34.6 Å². The molecule has 1 aromatic heterocycles. The first-order chi connectivity index (χ1) is 10.7. The number of nitrogens with zero attached hydrogens (tertiary/aromatic N) is 2. The molecule has 2 heterocycles. The molecule has 112 valence electrons. The molecular formula is C16H15N3OS2. The van der Waals surface area contributed by atoms with Gasteiger partial charge in [-0.1, -0.05) is 42.1 Å². The van der Waals surface area contributed by atoms with Crippen molar-refractivity contribution in [3.8, 4) is 0 Å². The van der Waals surface area contributed by atoms with Crippen LogP contribution >= 0.6 is 23.1 Å². The van der Waals surface area contributed by atoms with Gasteiger partial charge in [0.2, 0.25) is 5.91 Å². The van der Waals surface area contributed by atoms with Crippen LogP contribution in [0, 0.1) is 6.92 Å². The van der Waals surface area contributed by atoms with Gasteiger partial charge in [0, 0.05) is 4.88 Å². The van der Waals surface area contributed by atoms with Gasteiger partial charge < -0.3 is 5.32 Å². The first-order valence-corrected chi connectivity index (χ1v) is 8.65. The molecule has 3 rings (SSSR count). The van der Waals surface area contributed by atoms with E-state index in [1.807, 2.05) is 29.6 Å². The zero-order chi connectivity index (χ0) is 15.4. The number of amides is 1. The van der Waals surface area contributed by atoms with Crippen LogP contribution in [0.4, 0.5) is 0 Å². The van der Waals surface area contributed by atoms with Crippen LogP contribution in [0.25, 0.3) is 0 Å². The van der Waals surface area contributed by atoms with E-state index in [1.165, 1.54) is 22.9 Å². The molecule has 1 aliphatic rings. The van der Waals surface area contributed by atoms with Gasteiger partial charge in [-0.3, -0.25) is 4.79 Å². The lowest BCUT2D eigenvalue weighted by atomic mass is 10.0. The Morgan fingerprint density at radius 2 is 2.14 bits per heavy atom. The maximum absolute atomic E-state index is 12.0. The van der Waals surface area contributed by atoms with Crippen LogP contribution in [0.2, 0.25) is 0 Å². The van der Waals surface area contributed by atoms with Gasteiger partial charge in [-0.05, 0) is 35.9 Å². The molecule has 0 radical (unpaired) electrons. The van der Waals surface area contributed by atoms with E-state index >= 15 is 0 Å².